The fourth-order valence-corrected chi connectivity index (χ4v) is 3.04. The van der Waals surface area contributed by atoms with Gasteiger partial charge in [-0.2, -0.15) is 0 Å². The van der Waals surface area contributed by atoms with Crippen LogP contribution in [-0.2, 0) is 5.88 Å². The van der Waals surface area contributed by atoms with Gasteiger partial charge in [0, 0.05) is 19.0 Å². The van der Waals surface area contributed by atoms with Gasteiger partial charge in [0.1, 0.15) is 0 Å². The Morgan fingerprint density at radius 3 is 2.88 bits per heavy atom. The van der Waals surface area contributed by atoms with Gasteiger partial charge in [0.15, 0.2) is 0 Å². The van der Waals surface area contributed by atoms with Crippen LogP contribution in [0.3, 0.4) is 0 Å². The second kappa shape index (κ2) is 5.97. The van der Waals surface area contributed by atoms with E-state index >= 15 is 0 Å². The van der Waals surface area contributed by atoms with E-state index < -0.39 is 0 Å². The number of benzene rings is 1. The van der Waals surface area contributed by atoms with Crippen LogP contribution in [0.5, 0.6) is 0 Å². The van der Waals surface area contributed by atoms with Gasteiger partial charge in [-0.05, 0) is 36.8 Å². The van der Waals surface area contributed by atoms with Crippen LogP contribution in [0, 0.1) is 5.92 Å². The molecule has 0 spiro atoms. The summed E-state index contributed by atoms with van der Waals surface area (Å²) in [4.78, 5) is 2.41. The van der Waals surface area contributed by atoms with Crippen molar-refractivity contribution in [3.8, 4) is 0 Å². The molecule has 1 aromatic rings. The lowest BCUT2D eigenvalue weighted by Crippen LogP contribution is -2.25. The SMILES string of the molecule is CC1CCCN(c2c(Cl)cccc2CCl)CC1. The summed E-state index contributed by atoms with van der Waals surface area (Å²) >= 11 is 12.3. The van der Waals surface area contributed by atoms with Crippen LogP contribution in [0.1, 0.15) is 31.7 Å². The third kappa shape index (κ3) is 3.08. The quantitative estimate of drug-likeness (QED) is 0.705. The van der Waals surface area contributed by atoms with Crippen molar-refractivity contribution >= 4 is 28.9 Å². The molecule has 0 aromatic heterocycles. The highest BCUT2D eigenvalue weighted by Gasteiger charge is 2.18. The van der Waals surface area contributed by atoms with E-state index in [2.05, 4.69) is 17.9 Å². The maximum absolute atomic E-state index is 6.33. The van der Waals surface area contributed by atoms with Crippen molar-refractivity contribution in [1.29, 1.82) is 0 Å². The van der Waals surface area contributed by atoms with E-state index in [1.807, 2.05) is 12.1 Å². The van der Waals surface area contributed by atoms with Crippen molar-refractivity contribution in [3.05, 3.63) is 28.8 Å². The summed E-state index contributed by atoms with van der Waals surface area (Å²) in [6.45, 7) is 4.52. The summed E-state index contributed by atoms with van der Waals surface area (Å²) in [6.07, 6.45) is 3.80. The molecule has 0 saturated carbocycles. The molecule has 2 rings (SSSR count). The third-order valence-electron chi connectivity index (χ3n) is 3.55. The van der Waals surface area contributed by atoms with Crippen molar-refractivity contribution in [2.24, 2.45) is 5.92 Å². The predicted octanol–water partition coefficient (Wildman–Crippen LogP) is 4.71. The molecule has 1 aliphatic heterocycles. The number of rotatable bonds is 2. The lowest BCUT2D eigenvalue weighted by molar-refractivity contribution is 0.521. The molecule has 0 amide bonds. The summed E-state index contributed by atoms with van der Waals surface area (Å²) in [5.74, 6) is 1.35. The molecule has 1 heterocycles. The van der Waals surface area contributed by atoms with Crippen molar-refractivity contribution in [2.75, 3.05) is 18.0 Å². The minimum Gasteiger partial charge on any atom is -0.370 e. The first-order chi connectivity index (χ1) is 8.22. The van der Waals surface area contributed by atoms with Crippen molar-refractivity contribution < 1.29 is 0 Å². The maximum atomic E-state index is 6.33. The molecular formula is C14H19Cl2N. The zero-order valence-corrected chi connectivity index (χ0v) is 11.8. The Labute approximate surface area is 114 Å². The molecule has 1 aromatic carbocycles. The summed E-state index contributed by atoms with van der Waals surface area (Å²) in [5.41, 5.74) is 2.30. The number of alkyl halides is 1. The number of nitrogens with zero attached hydrogens (tertiary/aromatic N) is 1. The molecule has 1 fully saturated rings. The zero-order chi connectivity index (χ0) is 12.3. The van der Waals surface area contributed by atoms with Gasteiger partial charge in [-0.25, -0.2) is 0 Å². The molecule has 1 unspecified atom stereocenters. The fourth-order valence-electron chi connectivity index (χ4n) is 2.51. The molecule has 94 valence electrons. The Hall–Kier alpha value is -0.400. The van der Waals surface area contributed by atoms with E-state index in [-0.39, 0.29) is 0 Å². The standard InChI is InChI=1S/C14H19Cl2N/c1-11-4-3-8-17(9-7-11)14-12(10-15)5-2-6-13(14)16/h2,5-6,11H,3-4,7-10H2,1H3. The molecule has 1 aliphatic rings. The van der Waals surface area contributed by atoms with E-state index in [1.165, 1.54) is 19.3 Å². The van der Waals surface area contributed by atoms with Gasteiger partial charge in [0.2, 0.25) is 0 Å². The van der Waals surface area contributed by atoms with Crippen molar-refractivity contribution in [1.82, 2.24) is 0 Å². The smallest absolute Gasteiger partial charge is 0.0642 e. The van der Waals surface area contributed by atoms with E-state index in [0.717, 1.165) is 35.3 Å². The molecule has 0 bridgehead atoms. The Bertz CT molecular complexity index is 378. The lowest BCUT2D eigenvalue weighted by atomic mass is 10.0. The normalized spacial score (nSPS) is 21.4. The third-order valence-corrected chi connectivity index (χ3v) is 4.14. The van der Waals surface area contributed by atoms with Gasteiger partial charge in [-0.1, -0.05) is 30.7 Å². The largest absolute Gasteiger partial charge is 0.370 e. The van der Waals surface area contributed by atoms with Crippen LogP contribution in [-0.4, -0.2) is 13.1 Å². The summed E-state index contributed by atoms with van der Waals surface area (Å²) in [7, 11) is 0. The predicted molar refractivity (Wildman–Crippen MR) is 76.2 cm³/mol. The first-order valence-corrected chi connectivity index (χ1v) is 7.22. The number of hydrogen-bond acceptors (Lipinski definition) is 1. The molecule has 0 aliphatic carbocycles. The first-order valence-electron chi connectivity index (χ1n) is 6.30. The van der Waals surface area contributed by atoms with Crippen LogP contribution in [0.4, 0.5) is 5.69 Å². The van der Waals surface area contributed by atoms with Gasteiger partial charge in [0.25, 0.3) is 0 Å². The molecule has 0 radical (unpaired) electrons. The summed E-state index contributed by atoms with van der Waals surface area (Å²) < 4.78 is 0. The summed E-state index contributed by atoms with van der Waals surface area (Å²) in [5, 5.41) is 0.831. The van der Waals surface area contributed by atoms with Gasteiger partial charge >= 0.3 is 0 Å². The first kappa shape index (κ1) is 13.0. The molecule has 3 heteroatoms. The Balaban J connectivity index is 2.26. The maximum Gasteiger partial charge on any atom is 0.0642 e. The lowest BCUT2D eigenvalue weighted by Gasteiger charge is -2.26. The number of anilines is 1. The van der Waals surface area contributed by atoms with E-state index in [4.69, 9.17) is 23.2 Å². The highest BCUT2D eigenvalue weighted by molar-refractivity contribution is 6.33. The molecule has 1 nitrogen and oxygen atoms in total. The van der Waals surface area contributed by atoms with Gasteiger partial charge in [0.05, 0.1) is 10.7 Å². The Morgan fingerprint density at radius 2 is 2.12 bits per heavy atom. The highest BCUT2D eigenvalue weighted by atomic mass is 35.5. The highest BCUT2D eigenvalue weighted by Crippen LogP contribution is 2.33. The Kier molecular flexibility index (Phi) is 4.58. The summed E-state index contributed by atoms with van der Waals surface area (Å²) in [6, 6.07) is 6.01. The van der Waals surface area contributed by atoms with Crippen molar-refractivity contribution in [2.45, 2.75) is 32.1 Å². The van der Waals surface area contributed by atoms with Crippen molar-refractivity contribution in [3.63, 3.8) is 0 Å². The fraction of sp³-hybridized carbons (Fsp3) is 0.571. The van der Waals surface area contributed by atoms with Gasteiger partial charge < -0.3 is 4.90 Å². The van der Waals surface area contributed by atoms with Crippen LogP contribution < -0.4 is 4.90 Å². The average Bonchev–Trinajstić information content (AvgIpc) is 2.54. The van der Waals surface area contributed by atoms with Gasteiger partial charge in [-0.3, -0.25) is 0 Å². The van der Waals surface area contributed by atoms with E-state index in [0.29, 0.717) is 5.88 Å². The molecular weight excluding hydrogens is 253 g/mol. The second-order valence-corrected chi connectivity index (χ2v) is 5.58. The minimum absolute atomic E-state index is 0.530. The van der Waals surface area contributed by atoms with E-state index in [1.54, 1.807) is 0 Å². The van der Waals surface area contributed by atoms with Crippen LogP contribution >= 0.6 is 23.2 Å². The Morgan fingerprint density at radius 1 is 1.29 bits per heavy atom. The number of para-hydroxylation sites is 1. The second-order valence-electron chi connectivity index (χ2n) is 4.90. The van der Waals surface area contributed by atoms with Gasteiger partial charge in [-0.15, -0.1) is 11.6 Å². The van der Waals surface area contributed by atoms with Crippen LogP contribution in [0.2, 0.25) is 5.02 Å². The molecule has 0 N–H and O–H groups in total. The number of halogens is 2. The zero-order valence-electron chi connectivity index (χ0n) is 10.3. The van der Waals surface area contributed by atoms with Crippen LogP contribution in [0.25, 0.3) is 0 Å². The monoisotopic (exact) mass is 271 g/mol. The van der Waals surface area contributed by atoms with Crippen LogP contribution in [0.15, 0.2) is 18.2 Å². The van der Waals surface area contributed by atoms with E-state index in [9.17, 15) is 0 Å². The molecule has 17 heavy (non-hydrogen) atoms. The molecule has 1 atom stereocenters. The number of hydrogen-bond donors (Lipinski definition) is 0. The minimum atomic E-state index is 0.530. The topological polar surface area (TPSA) is 3.24 Å². The average molecular weight is 272 g/mol. The molecule has 1 saturated heterocycles.